The minimum Gasteiger partial charge on any atom is -0.483 e. The van der Waals surface area contributed by atoms with Crippen molar-refractivity contribution < 1.29 is 48.5 Å². The molecule has 0 aromatic carbocycles. The summed E-state index contributed by atoms with van der Waals surface area (Å²) in [5.41, 5.74) is 4.72. The number of esters is 1. The number of aromatic nitrogens is 1. The molecule has 2 amide bonds. The number of nitrogens with one attached hydrogen (secondary N) is 1. The number of amides is 2. The molecule has 0 unspecified atom stereocenters. The van der Waals surface area contributed by atoms with E-state index in [1.54, 1.807) is 13.8 Å². The van der Waals surface area contributed by atoms with E-state index in [2.05, 4.69) is 20.3 Å². The van der Waals surface area contributed by atoms with Crippen LogP contribution >= 0.6 is 23.1 Å². The van der Waals surface area contributed by atoms with Crippen molar-refractivity contribution in [1.29, 1.82) is 0 Å². The number of fused-ring (bicyclic) bond motifs is 1. The summed E-state index contributed by atoms with van der Waals surface area (Å²) in [6.45, 7) is 1.92. The first kappa shape index (κ1) is 26.7. The number of carboxylic acid groups (broad SMARTS) is 2. The molecule has 17 heteroatoms. The van der Waals surface area contributed by atoms with Crippen LogP contribution in [-0.2, 0) is 38.3 Å². The molecular formula is C19H21N5O10S2. The second kappa shape index (κ2) is 11.3. The summed E-state index contributed by atoms with van der Waals surface area (Å²) in [7, 11) is 0. The van der Waals surface area contributed by atoms with Gasteiger partial charge in [-0.3, -0.25) is 14.5 Å². The van der Waals surface area contributed by atoms with Gasteiger partial charge in [0.1, 0.15) is 22.9 Å². The van der Waals surface area contributed by atoms with Gasteiger partial charge in [0, 0.05) is 5.38 Å². The predicted octanol–water partition coefficient (Wildman–Crippen LogP) is -0.805. The number of β-lactam (4-membered cyclic amide) rings is 1. The largest absolute Gasteiger partial charge is 0.483 e. The maximum Gasteiger partial charge on any atom is 0.356 e. The molecular weight excluding hydrogens is 522 g/mol. The fourth-order valence-corrected chi connectivity index (χ4v) is 4.93. The molecule has 2 aliphatic heterocycles. The van der Waals surface area contributed by atoms with Crippen LogP contribution in [0.15, 0.2) is 22.0 Å². The van der Waals surface area contributed by atoms with Crippen LogP contribution < -0.4 is 11.1 Å². The van der Waals surface area contributed by atoms with E-state index in [0.717, 1.165) is 28.0 Å². The molecule has 1 fully saturated rings. The summed E-state index contributed by atoms with van der Waals surface area (Å²) in [4.78, 5) is 69.5. The number of rotatable bonds is 11. The summed E-state index contributed by atoms with van der Waals surface area (Å²) in [6.07, 6.45) is -0.385. The zero-order chi connectivity index (χ0) is 26.6. The average Bonchev–Trinajstić information content (AvgIpc) is 3.22. The molecule has 36 heavy (non-hydrogen) atoms. The number of hydrogen-bond acceptors (Lipinski definition) is 13. The molecule has 0 bridgehead atoms. The van der Waals surface area contributed by atoms with E-state index in [1.165, 1.54) is 5.38 Å². The molecule has 194 valence electrons. The number of aliphatic carboxylic acids is 2. The molecule has 0 aliphatic carbocycles. The van der Waals surface area contributed by atoms with Crippen LogP contribution in [0, 0.1) is 0 Å². The van der Waals surface area contributed by atoms with Crippen molar-refractivity contribution in [1.82, 2.24) is 15.2 Å². The molecule has 2 atom stereocenters. The molecule has 0 radical (unpaired) electrons. The number of nitrogen functional groups attached to an aromatic ring is 1. The fraction of sp³-hybridized carbons (Fsp3) is 0.421. The van der Waals surface area contributed by atoms with Crippen molar-refractivity contribution in [3.8, 4) is 0 Å². The Bertz CT molecular complexity index is 1150. The number of nitrogens with two attached hydrogens (primary N) is 1. The number of anilines is 1. The van der Waals surface area contributed by atoms with Gasteiger partial charge in [-0.15, -0.1) is 23.1 Å². The molecule has 1 saturated heterocycles. The van der Waals surface area contributed by atoms with Crippen molar-refractivity contribution in [2.45, 2.75) is 31.4 Å². The van der Waals surface area contributed by atoms with Gasteiger partial charge in [0.2, 0.25) is 6.61 Å². The lowest BCUT2D eigenvalue weighted by Gasteiger charge is -2.48. The Morgan fingerprint density at radius 3 is 2.61 bits per heavy atom. The van der Waals surface area contributed by atoms with Crippen LogP contribution in [0.25, 0.3) is 0 Å². The van der Waals surface area contributed by atoms with Gasteiger partial charge in [0.05, 0.1) is 11.9 Å². The maximum absolute atomic E-state index is 12.9. The Balaban J connectivity index is 1.74. The predicted molar refractivity (Wildman–Crippen MR) is 124 cm³/mol. The first-order chi connectivity index (χ1) is 17.0. The second-order valence-electron chi connectivity index (χ2n) is 7.44. The first-order valence-electron chi connectivity index (χ1n) is 10.2. The summed E-state index contributed by atoms with van der Waals surface area (Å²) < 4.78 is 10.3. The van der Waals surface area contributed by atoms with Crippen LogP contribution in [0.4, 0.5) is 5.13 Å². The number of ether oxygens (including phenoxy) is 2. The highest BCUT2D eigenvalue weighted by Crippen LogP contribution is 2.40. The fourth-order valence-electron chi connectivity index (χ4n) is 3.11. The van der Waals surface area contributed by atoms with Gasteiger partial charge in [-0.2, -0.15) is 0 Å². The van der Waals surface area contributed by atoms with Gasteiger partial charge >= 0.3 is 17.9 Å². The van der Waals surface area contributed by atoms with Crippen molar-refractivity contribution in [3.05, 3.63) is 22.5 Å². The molecule has 2 aliphatic rings. The molecule has 0 saturated carbocycles. The lowest BCUT2D eigenvalue weighted by Crippen LogP contribution is -2.71. The number of carbonyl (C=O) groups excluding carboxylic acids is 3. The monoisotopic (exact) mass is 543 g/mol. The highest BCUT2D eigenvalue weighted by Gasteiger charge is 2.55. The number of oxime groups is 1. The Labute approximate surface area is 211 Å². The van der Waals surface area contributed by atoms with Gasteiger partial charge in [-0.1, -0.05) is 5.16 Å². The summed E-state index contributed by atoms with van der Waals surface area (Å²) in [5.74, 6) is -5.23. The standard InChI is InChI=1S/C19H21N5O10S2/c1-7(2)34-11(27)4-32-9-6-35-17-13(16(29)24(17)14(9)18(30)31)22-15(28)12(23-33-3-10(25)26)8-5-36-19(20)21-8/h5,7,13,17H,3-4,6H2,1-2H3,(H2,20,21)(H,22,28)(H,25,26)(H,30,31)/b23-12-/t13-,17+/m1/s1. The number of carboxylic acids is 2. The van der Waals surface area contributed by atoms with Gasteiger partial charge < -0.3 is 35.6 Å². The molecule has 3 heterocycles. The SMILES string of the molecule is CC(C)OC(=O)COC1=C(C(=O)O)N2C(=O)[C@@H](NC(=O)/C(=N\OCC(=O)O)c3csc(N)n3)[C@@H]2SC1. The van der Waals surface area contributed by atoms with Gasteiger partial charge in [0.25, 0.3) is 11.8 Å². The minimum absolute atomic E-state index is 0.00268. The van der Waals surface area contributed by atoms with Crippen molar-refractivity contribution in [3.63, 3.8) is 0 Å². The van der Waals surface area contributed by atoms with Crippen LogP contribution in [-0.4, -0.2) is 92.0 Å². The molecule has 1 aromatic heterocycles. The number of carbonyl (C=O) groups is 5. The van der Waals surface area contributed by atoms with E-state index in [4.69, 9.17) is 20.3 Å². The van der Waals surface area contributed by atoms with Gasteiger partial charge in [-0.05, 0) is 13.8 Å². The Hall–Kier alpha value is -3.86. The molecule has 5 N–H and O–H groups in total. The zero-order valence-corrected chi connectivity index (χ0v) is 20.5. The van der Waals surface area contributed by atoms with E-state index in [-0.39, 0.29) is 28.4 Å². The van der Waals surface area contributed by atoms with E-state index < -0.39 is 65.8 Å². The summed E-state index contributed by atoms with van der Waals surface area (Å²) >= 11 is 2.10. The second-order valence-corrected chi connectivity index (χ2v) is 9.44. The maximum atomic E-state index is 12.9. The molecule has 0 spiro atoms. The molecule has 15 nitrogen and oxygen atoms in total. The van der Waals surface area contributed by atoms with E-state index >= 15 is 0 Å². The zero-order valence-electron chi connectivity index (χ0n) is 18.8. The van der Waals surface area contributed by atoms with E-state index in [1.807, 2.05) is 0 Å². The average molecular weight is 544 g/mol. The highest BCUT2D eigenvalue weighted by atomic mass is 32.2. The van der Waals surface area contributed by atoms with Crippen molar-refractivity contribution in [2.24, 2.45) is 5.16 Å². The smallest absolute Gasteiger partial charge is 0.356 e. The lowest BCUT2D eigenvalue weighted by molar-refractivity contribution is -0.153. The van der Waals surface area contributed by atoms with Crippen LogP contribution in [0.2, 0.25) is 0 Å². The Morgan fingerprint density at radius 2 is 2.03 bits per heavy atom. The number of thiazole rings is 1. The number of nitrogens with zero attached hydrogens (tertiary/aromatic N) is 3. The quantitative estimate of drug-likeness (QED) is 0.116. The summed E-state index contributed by atoms with van der Waals surface area (Å²) in [6, 6.07) is -1.13. The lowest BCUT2D eigenvalue weighted by atomic mass is 10.0. The Morgan fingerprint density at radius 1 is 1.31 bits per heavy atom. The third-order valence-electron chi connectivity index (χ3n) is 4.48. The van der Waals surface area contributed by atoms with Crippen LogP contribution in [0.3, 0.4) is 0 Å². The third kappa shape index (κ3) is 6.03. The van der Waals surface area contributed by atoms with E-state index in [0.29, 0.717) is 0 Å². The topological polar surface area (TPSA) is 220 Å². The molecule has 1 aromatic rings. The van der Waals surface area contributed by atoms with Crippen molar-refractivity contribution in [2.75, 3.05) is 24.7 Å². The normalized spacial score (nSPS) is 19.4. The number of hydrogen-bond donors (Lipinski definition) is 4. The molecule has 3 rings (SSSR count). The van der Waals surface area contributed by atoms with Gasteiger partial charge in [-0.25, -0.2) is 19.4 Å². The van der Waals surface area contributed by atoms with E-state index in [9.17, 15) is 29.1 Å². The van der Waals surface area contributed by atoms with Crippen LogP contribution in [0.1, 0.15) is 19.5 Å². The first-order valence-corrected chi connectivity index (χ1v) is 12.1. The third-order valence-corrected chi connectivity index (χ3v) is 6.40. The van der Waals surface area contributed by atoms with Gasteiger partial charge in [0.15, 0.2) is 23.1 Å². The van der Waals surface area contributed by atoms with Crippen LogP contribution in [0.5, 0.6) is 0 Å². The number of thioether (sulfide) groups is 1. The minimum atomic E-state index is -1.45. The summed E-state index contributed by atoms with van der Waals surface area (Å²) in [5, 5.41) is 25.1. The highest BCUT2D eigenvalue weighted by molar-refractivity contribution is 8.00. The van der Waals surface area contributed by atoms with Crippen molar-refractivity contribution >= 4 is 63.7 Å². The Kier molecular flexibility index (Phi) is 8.36.